The van der Waals surface area contributed by atoms with Crippen molar-refractivity contribution in [3.63, 3.8) is 0 Å². The molecular formula is C13H17NO4S. The number of rotatable bonds is 5. The van der Waals surface area contributed by atoms with Gasteiger partial charge in [0.1, 0.15) is 5.70 Å². The van der Waals surface area contributed by atoms with Gasteiger partial charge in [-0.3, -0.25) is 4.72 Å². The van der Waals surface area contributed by atoms with Crippen LogP contribution in [0.15, 0.2) is 40.9 Å². The Morgan fingerprint density at radius 3 is 2.21 bits per heavy atom. The van der Waals surface area contributed by atoms with E-state index in [1.54, 1.807) is 26.0 Å². The zero-order valence-corrected chi connectivity index (χ0v) is 11.9. The van der Waals surface area contributed by atoms with Crippen LogP contribution in [0.3, 0.4) is 0 Å². The topological polar surface area (TPSA) is 83.5 Å². The van der Waals surface area contributed by atoms with E-state index in [0.29, 0.717) is 0 Å². The van der Waals surface area contributed by atoms with Crippen LogP contribution in [0.1, 0.15) is 19.4 Å². The molecule has 0 aliphatic rings. The summed E-state index contributed by atoms with van der Waals surface area (Å²) in [4.78, 5) is 11.0. The van der Waals surface area contributed by atoms with Crippen LogP contribution in [0.2, 0.25) is 0 Å². The number of sulfonamides is 1. The molecule has 0 aliphatic carbocycles. The molecule has 0 heterocycles. The minimum absolute atomic E-state index is 0.0361. The van der Waals surface area contributed by atoms with E-state index in [0.717, 1.165) is 5.56 Å². The highest BCUT2D eigenvalue weighted by atomic mass is 32.2. The molecule has 0 aliphatic heterocycles. The Morgan fingerprint density at radius 2 is 1.79 bits per heavy atom. The minimum atomic E-state index is -3.87. The number of aliphatic carboxylic acids is 1. The van der Waals surface area contributed by atoms with Crippen molar-refractivity contribution >= 4 is 16.0 Å². The van der Waals surface area contributed by atoms with Crippen molar-refractivity contribution in [3.05, 3.63) is 41.6 Å². The molecule has 19 heavy (non-hydrogen) atoms. The molecular weight excluding hydrogens is 266 g/mol. The fourth-order valence-corrected chi connectivity index (χ4v) is 2.46. The molecule has 0 saturated carbocycles. The van der Waals surface area contributed by atoms with Gasteiger partial charge < -0.3 is 5.11 Å². The lowest BCUT2D eigenvalue weighted by Crippen LogP contribution is -2.28. The van der Waals surface area contributed by atoms with Crippen LogP contribution in [0.4, 0.5) is 0 Å². The van der Waals surface area contributed by atoms with E-state index in [4.69, 9.17) is 5.11 Å². The van der Waals surface area contributed by atoms with Crippen LogP contribution in [0, 0.1) is 12.8 Å². The predicted molar refractivity (Wildman–Crippen MR) is 72.1 cm³/mol. The summed E-state index contributed by atoms with van der Waals surface area (Å²) >= 11 is 0. The Hall–Kier alpha value is -1.82. The van der Waals surface area contributed by atoms with Crippen molar-refractivity contribution in [2.75, 3.05) is 0 Å². The van der Waals surface area contributed by atoms with E-state index in [-0.39, 0.29) is 16.5 Å². The highest BCUT2D eigenvalue weighted by Crippen LogP contribution is 2.12. The van der Waals surface area contributed by atoms with Crippen LogP contribution >= 0.6 is 0 Å². The maximum Gasteiger partial charge on any atom is 0.352 e. The van der Waals surface area contributed by atoms with Gasteiger partial charge in [0, 0.05) is 0 Å². The van der Waals surface area contributed by atoms with Gasteiger partial charge in [0.15, 0.2) is 0 Å². The zero-order chi connectivity index (χ0) is 14.6. The first-order valence-corrected chi connectivity index (χ1v) is 7.25. The third kappa shape index (κ3) is 4.40. The molecule has 2 N–H and O–H groups in total. The molecule has 0 spiro atoms. The number of aryl methyl sites for hydroxylation is 1. The number of hydrogen-bond donors (Lipinski definition) is 2. The Labute approximate surface area is 113 Å². The first kappa shape index (κ1) is 15.2. The van der Waals surface area contributed by atoms with Gasteiger partial charge in [0.2, 0.25) is 0 Å². The molecule has 1 rings (SSSR count). The van der Waals surface area contributed by atoms with Crippen molar-refractivity contribution in [2.45, 2.75) is 25.7 Å². The quantitative estimate of drug-likeness (QED) is 0.808. The third-order valence-electron chi connectivity index (χ3n) is 2.31. The molecule has 5 nitrogen and oxygen atoms in total. The van der Waals surface area contributed by atoms with Crippen LogP contribution in [-0.2, 0) is 14.8 Å². The molecule has 6 heteroatoms. The molecule has 0 aromatic heterocycles. The zero-order valence-electron chi connectivity index (χ0n) is 11.0. The fraction of sp³-hybridized carbons (Fsp3) is 0.308. The summed E-state index contributed by atoms with van der Waals surface area (Å²) in [7, 11) is -3.87. The Kier molecular flexibility index (Phi) is 4.72. The molecule has 0 bridgehead atoms. The minimum Gasteiger partial charge on any atom is -0.477 e. The van der Waals surface area contributed by atoms with Crippen molar-refractivity contribution < 1.29 is 18.3 Å². The maximum atomic E-state index is 12.0. The summed E-state index contributed by atoms with van der Waals surface area (Å²) in [6, 6.07) is 6.18. The first-order valence-electron chi connectivity index (χ1n) is 5.77. The van der Waals surface area contributed by atoms with Gasteiger partial charge in [-0.2, -0.15) is 0 Å². The molecule has 0 radical (unpaired) electrons. The lowest BCUT2D eigenvalue weighted by atomic mass is 10.2. The van der Waals surface area contributed by atoms with Gasteiger partial charge in [-0.05, 0) is 25.0 Å². The van der Waals surface area contributed by atoms with Crippen LogP contribution in [0.5, 0.6) is 0 Å². The largest absolute Gasteiger partial charge is 0.477 e. The summed E-state index contributed by atoms with van der Waals surface area (Å²) in [5.41, 5.74) is 0.589. The van der Waals surface area contributed by atoms with Gasteiger partial charge in [-0.1, -0.05) is 37.6 Å². The molecule has 0 atom stereocenters. The molecule has 0 saturated heterocycles. The lowest BCUT2D eigenvalue weighted by molar-refractivity contribution is -0.132. The van der Waals surface area contributed by atoms with E-state index < -0.39 is 16.0 Å². The normalized spacial score (nSPS) is 12.5. The second-order valence-corrected chi connectivity index (χ2v) is 6.23. The van der Waals surface area contributed by atoms with Crippen molar-refractivity contribution in [2.24, 2.45) is 5.92 Å². The van der Waals surface area contributed by atoms with E-state index in [9.17, 15) is 13.2 Å². The molecule has 0 fully saturated rings. The molecule has 1 aromatic carbocycles. The van der Waals surface area contributed by atoms with Gasteiger partial charge in [-0.25, -0.2) is 13.2 Å². The fourth-order valence-electron chi connectivity index (χ4n) is 1.40. The standard InChI is InChI=1S/C13H17NO4S/c1-9(2)8-12(13(15)16)14-19(17,18)11-6-4-10(3)5-7-11/h4-9,14H,1-3H3,(H,15,16). The van der Waals surface area contributed by atoms with Crippen LogP contribution < -0.4 is 4.72 Å². The maximum absolute atomic E-state index is 12.0. The van der Waals surface area contributed by atoms with Crippen molar-refractivity contribution in [1.29, 1.82) is 0 Å². The van der Waals surface area contributed by atoms with E-state index >= 15 is 0 Å². The van der Waals surface area contributed by atoms with Crippen LogP contribution in [0.25, 0.3) is 0 Å². The summed E-state index contributed by atoms with van der Waals surface area (Å²) < 4.78 is 26.1. The number of hydrogen-bond acceptors (Lipinski definition) is 3. The SMILES string of the molecule is Cc1ccc(S(=O)(=O)NC(=CC(C)C)C(=O)O)cc1. The predicted octanol–water partition coefficient (Wildman–Crippen LogP) is 1.90. The summed E-state index contributed by atoms with van der Waals surface area (Å²) in [5.74, 6) is -1.38. The van der Waals surface area contributed by atoms with Crippen molar-refractivity contribution in [1.82, 2.24) is 4.72 Å². The number of benzene rings is 1. The van der Waals surface area contributed by atoms with Crippen LogP contribution in [-0.4, -0.2) is 19.5 Å². The number of allylic oxidation sites excluding steroid dienone is 1. The second-order valence-electron chi connectivity index (χ2n) is 4.55. The summed E-state index contributed by atoms with van der Waals surface area (Å²) in [5, 5.41) is 8.98. The highest BCUT2D eigenvalue weighted by Gasteiger charge is 2.19. The number of nitrogens with one attached hydrogen (secondary N) is 1. The van der Waals surface area contributed by atoms with E-state index in [2.05, 4.69) is 4.72 Å². The second kappa shape index (κ2) is 5.88. The Balaban J connectivity index is 3.08. The first-order chi connectivity index (χ1) is 8.72. The van der Waals surface area contributed by atoms with Gasteiger partial charge >= 0.3 is 5.97 Å². The summed E-state index contributed by atoms with van der Waals surface area (Å²) in [6.07, 6.45) is 1.36. The smallest absolute Gasteiger partial charge is 0.352 e. The lowest BCUT2D eigenvalue weighted by Gasteiger charge is -2.09. The average molecular weight is 283 g/mol. The van der Waals surface area contributed by atoms with E-state index in [1.807, 2.05) is 6.92 Å². The average Bonchev–Trinajstić information content (AvgIpc) is 2.27. The van der Waals surface area contributed by atoms with E-state index in [1.165, 1.54) is 18.2 Å². The van der Waals surface area contributed by atoms with Crippen molar-refractivity contribution in [3.8, 4) is 0 Å². The van der Waals surface area contributed by atoms with Gasteiger partial charge in [0.05, 0.1) is 4.90 Å². The molecule has 1 aromatic rings. The molecule has 0 unspecified atom stereocenters. The van der Waals surface area contributed by atoms with Gasteiger partial charge in [0.25, 0.3) is 10.0 Å². The monoisotopic (exact) mass is 283 g/mol. The highest BCUT2D eigenvalue weighted by molar-refractivity contribution is 7.89. The summed E-state index contributed by atoms with van der Waals surface area (Å²) in [6.45, 7) is 5.37. The van der Waals surface area contributed by atoms with Gasteiger partial charge in [-0.15, -0.1) is 0 Å². The Bertz CT molecular complexity index is 586. The third-order valence-corrected chi connectivity index (χ3v) is 3.69. The number of carboxylic acids is 1. The molecule has 104 valence electrons. The number of carboxylic acid groups (broad SMARTS) is 1. The number of carbonyl (C=O) groups is 1. The Morgan fingerprint density at radius 1 is 1.26 bits per heavy atom. The molecule has 0 amide bonds.